The van der Waals surface area contributed by atoms with Crippen LogP contribution in [-0.4, -0.2) is 56.0 Å². The van der Waals surface area contributed by atoms with E-state index >= 15 is 0 Å². The molecule has 29 heavy (non-hydrogen) atoms. The molecule has 0 aliphatic carbocycles. The van der Waals surface area contributed by atoms with Crippen LogP contribution >= 0.6 is 23.2 Å². The van der Waals surface area contributed by atoms with Gasteiger partial charge in [-0.3, -0.25) is 4.79 Å². The molecular formula is C18H16Cl2N2O6S. The van der Waals surface area contributed by atoms with Crippen molar-refractivity contribution in [2.75, 3.05) is 31.6 Å². The van der Waals surface area contributed by atoms with E-state index in [9.17, 15) is 18.0 Å². The Kier molecular flexibility index (Phi) is 6.45. The predicted molar refractivity (Wildman–Crippen MR) is 107 cm³/mol. The van der Waals surface area contributed by atoms with Gasteiger partial charge in [0.25, 0.3) is 5.91 Å². The van der Waals surface area contributed by atoms with Gasteiger partial charge in [-0.05, 0) is 30.3 Å². The van der Waals surface area contributed by atoms with Gasteiger partial charge < -0.3 is 15.2 Å². The van der Waals surface area contributed by atoms with Crippen molar-refractivity contribution in [3.05, 3.63) is 57.6 Å². The monoisotopic (exact) mass is 458 g/mol. The van der Waals surface area contributed by atoms with Crippen LogP contribution in [0.3, 0.4) is 0 Å². The van der Waals surface area contributed by atoms with Crippen molar-refractivity contribution >= 4 is 50.8 Å². The van der Waals surface area contributed by atoms with Crippen LogP contribution in [0, 0.1) is 0 Å². The van der Waals surface area contributed by atoms with Gasteiger partial charge in [0.1, 0.15) is 4.90 Å². The van der Waals surface area contributed by atoms with Gasteiger partial charge in [0.2, 0.25) is 10.0 Å². The normalized spacial score (nSPS) is 15.1. The average Bonchev–Trinajstić information content (AvgIpc) is 2.68. The quantitative estimate of drug-likeness (QED) is 0.711. The number of aromatic carboxylic acids is 1. The lowest BCUT2D eigenvalue weighted by Crippen LogP contribution is -2.40. The molecule has 1 saturated heterocycles. The Balaban J connectivity index is 1.93. The summed E-state index contributed by atoms with van der Waals surface area (Å²) in [5.74, 6) is -1.85. The van der Waals surface area contributed by atoms with E-state index < -0.39 is 21.9 Å². The molecule has 0 bridgehead atoms. The number of nitrogens with zero attached hydrogens (tertiary/aromatic N) is 1. The van der Waals surface area contributed by atoms with Crippen molar-refractivity contribution in [2.24, 2.45) is 0 Å². The maximum atomic E-state index is 12.9. The smallest absolute Gasteiger partial charge is 0.335 e. The summed E-state index contributed by atoms with van der Waals surface area (Å²) in [5.41, 5.74) is 0.0997. The standard InChI is InChI=1S/C18H16Cl2N2O6S/c19-14-10-15(20)16(29(26,27)22-4-6-28-7-5-22)9-13(14)17(23)21-12-3-1-2-11(8-12)18(24)25/h1-3,8-10H,4-7H2,(H,21,23)(H,24,25). The van der Waals surface area contributed by atoms with Crippen molar-refractivity contribution in [1.29, 1.82) is 0 Å². The minimum atomic E-state index is -3.95. The van der Waals surface area contributed by atoms with Crippen molar-refractivity contribution in [2.45, 2.75) is 4.90 Å². The summed E-state index contributed by atoms with van der Waals surface area (Å²) >= 11 is 12.2. The van der Waals surface area contributed by atoms with Crippen molar-refractivity contribution in [1.82, 2.24) is 4.31 Å². The number of nitrogens with one attached hydrogen (secondary N) is 1. The van der Waals surface area contributed by atoms with Crippen molar-refractivity contribution in [3.8, 4) is 0 Å². The third-order valence-corrected chi connectivity index (χ3v) is 6.90. The fourth-order valence-electron chi connectivity index (χ4n) is 2.76. The number of hydrogen-bond donors (Lipinski definition) is 2. The number of morpholine rings is 1. The first-order valence-corrected chi connectivity index (χ1v) is 10.6. The predicted octanol–water partition coefficient (Wildman–Crippen LogP) is 2.96. The minimum Gasteiger partial charge on any atom is -0.478 e. The lowest BCUT2D eigenvalue weighted by molar-refractivity contribution is 0.0696. The maximum Gasteiger partial charge on any atom is 0.335 e. The Morgan fingerprint density at radius 1 is 1.07 bits per heavy atom. The molecule has 1 aliphatic heterocycles. The van der Waals surface area contributed by atoms with E-state index in [-0.39, 0.29) is 58.1 Å². The van der Waals surface area contributed by atoms with Gasteiger partial charge in [0.15, 0.2) is 0 Å². The van der Waals surface area contributed by atoms with E-state index in [1.807, 2.05) is 0 Å². The van der Waals surface area contributed by atoms with Gasteiger partial charge in [-0.2, -0.15) is 4.31 Å². The summed E-state index contributed by atoms with van der Waals surface area (Å²) in [4.78, 5) is 23.5. The molecule has 0 radical (unpaired) electrons. The molecule has 1 fully saturated rings. The molecule has 11 heteroatoms. The number of benzene rings is 2. The number of anilines is 1. The summed E-state index contributed by atoms with van der Waals surface area (Å²) in [5, 5.41) is 11.4. The highest BCUT2D eigenvalue weighted by molar-refractivity contribution is 7.89. The van der Waals surface area contributed by atoms with Crippen LogP contribution in [0.25, 0.3) is 0 Å². The summed E-state index contributed by atoms with van der Waals surface area (Å²) in [6, 6.07) is 7.93. The molecule has 0 aromatic heterocycles. The second-order valence-electron chi connectivity index (χ2n) is 6.12. The third-order valence-electron chi connectivity index (χ3n) is 4.22. The Bertz CT molecular complexity index is 1070. The lowest BCUT2D eigenvalue weighted by Gasteiger charge is -2.26. The number of carbonyl (C=O) groups excluding carboxylic acids is 1. The second-order valence-corrected chi connectivity index (χ2v) is 8.84. The Labute approximate surface area is 177 Å². The maximum absolute atomic E-state index is 12.9. The summed E-state index contributed by atoms with van der Waals surface area (Å²) in [7, 11) is -3.95. The molecule has 0 unspecified atom stereocenters. The zero-order valence-electron chi connectivity index (χ0n) is 14.9. The highest BCUT2D eigenvalue weighted by Gasteiger charge is 2.30. The molecular weight excluding hydrogens is 443 g/mol. The Morgan fingerprint density at radius 3 is 2.41 bits per heavy atom. The minimum absolute atomic E-state index is 0.0133. The average molecular weight is 459 g/mol. The molecule has 2 aromatic rings. The molecule has 0 saturated carbocycles. The molecule has 8 nitrogen and oxygen atoms in total. The summed E-state index contributed by atoms with van der Waals surface area (Å²) in [6.45, 7) is 0.866. The highest BCUT2D eigenvalue weighted by Crippen LogP contribution is 2.31. The molecule has 1 aliphatic rings. The third kappa shape index (κ3) is 4.71. The molecule has 3 rings (SSSR count). The van der Waals surface area contributed by atoms with Crippen molar-refractivity contribution < 1.29 is 27.9 Å². The molecule has 154 valence electrons. The van der Waals surface area contributed by atoms with Gasteiger partial charge in [0.05, 0.1) is 34.4 Å². The van der Waals surface area contributed by atoms with Gasteiger partial charge in [-0.15, -0.1) is 0 Å². The first-order chi connectivity index (χ1) is 13.7. The van der Waals surface area contributed by atoms with Gasteiger partial charge in [-0.1, -0.05) is 29.3 Å². The van der Waals surface area contributed by atoms with E-state index in [0.717, 1.165) is 6.07 Å². The van der Waals surface area contributed by atoms with Crippen LogP contribution in [0.15, 0.2) is 41.3 Å². The van der Waals surface area contributed by atoms with Crippen LogP contribution in [-0.2, 0) is 14.8 Å². The van der Waals surface area contributed by atoms with E-state index in [1.165, 1.54) is 34.6 Å². The number of hydrogen-bond acceptors (Lipinski definition) is 5. The molecule has 1 heterocycles. The van der Waals surface area contributed by atoms with Gasteiger partial charge in [-0.25, -0.2) is 13.2 Å². The second kappa shape index (κ2) is 8.68. The Hall–Kier alpha value is -2.17. The van der Waals surface area contributed by atoms with E-state index in [1.54, 1.807) is 0 Å². The first-order valence-electron chi connectivity index (χ1n) is 8.42. The number of carboxylic acids is 1. The molecule has 1 amide bonds. The van der Waals surface area contributed by atoms with E-state index in [0.29, 0.717) is 0 Å². The number of halogens is 2. The molecule has 0 atom stereocenters. The number of amides is 1. The van der Waals surface area contributed by atoms with Crippen molar-refractivity contribution in [3.63, 3.8) is 0 Å². The Morgan fingerprint density at radius 2 is 1.76 bits per heavy atom. The molecule has 2 N–H and O–H groups in total. The van der Waals surface area contributed by atoms with Crippen LogP contribution in [0.1, 0.15) is 20.7 Å². The topological polar surface area (TPSA) is 113 Å². The zero-order chi connectivity index (χ0) is 21.2. The van der Waals surface area contributed by atoms with Gasteiger partial charge in [0, 0.05) is 18.8 Å². The zero-order valence-corrected chi connectivity index (χ0v) is 17.2. The van der Waals surface area contributed by atoms with Crippen LogP contribution in [0.5, 0.6) is 0 Å². The lowest BCUT2D eigenvalue weighted by atomic mass is 10.1. The van der Waals surface area contributed by atoms with Crippen LogP contribution in [0.2, 0.25) is 10.0 Å². The highest BCUT2D eigenvalue weighted by atomic mass is 35.5. The van der Waals surface area contributed by atoms with Crippen LogP contribution < -0.4 is 5.32 Å². The fraction of sp³-hybridized carbons (Fsp3) is 0.222. The first kappa shape index (κ1) is 21.5. The molecule has 2 aromatic carbocycles. The number of rotatable bonds is 5. The molecule has 0 spiro atoms. The fourth-order valence-corrected chi connectivity index (χ4v) is 5.00. The number of carbonyl (C=O) groups is 2. The van der Waals surface area contributed by atoms with Gasteiger partial charge >= 0.3 is 5.97 Å². The largest absolute Gasteiger partial charge is 0.478 e. The number of ether oxygens (including phenoxy) is 1. The van der Waals surface area contributed by atoms with E-state index in [2.05, 4.69) is 5.32 Å². The van der Waals surface area contributed by atoms with Crippen LogP contribution in [0.4, 0.5) is 5.69 Å². The van der Waals surface area contributed by atoms with E-state index in [4.69, 9.17) is 33.0 Å². The summed E-state index contributed by atoms with van der Waals surface area (Å²) in [6.07, 6.45) is 0. The number of sulfonamides is 1. The SMILES string of the molecule is O=C(O)c1cccc(NC(=O)c2cc(S(=O)(=O)N3CCOCC3)c(Cl)cc2Cl)c1. The summed E-state index contributed by atoms with van der Waals surface area (Å²) < 4.78 is 32.2. The number of carboxylic acid groups (broad SMARTS) is 1.